The number of nitrogens with zero attached hydrogens (tertiary/aromatic N) is 1. The molecule has 238 valence electrons. The Morgan fingerprint density at radius 3 is 2.23 bits per heavy atom. The molecule has 0 spiro atoms. The molecule has 0 aromatic heterocycles. The van der Waals surface area contributed by atoms with Crippen LogP contribution in [0.25, 0.3) is 0 Å². The molecule has 1 heterocycles. The molecule has 15 heteroatoms. The minimum Gasteiger partial charge on any atom is -0.368 e. The molecule has 1 aliphatic heterocycles. The van der Waals surface area contributed by atoms with Gasteiger partial charge < -0.3 is 31.9 Å². The van der Waals surface area contributed by atoms with E-state index in [0.29, 0.717) is 12.8 Å². The van der Waals surface area contributed by atoms with Crippen LogP contribution >= 0.6 is 0 Å². The van der Waals surface area contributed by atoms with Gasteiger partial charge in [0.25, 0.3) is 5.91 Å². The second-order valence-corrected chi connectivity index (χ2v) is 11.9. The molecule has 13 nitrogen and oxygen atoms in total. The number of carbonyl (C=O) groups excluding carboxylic acids is 5. The van der Waals surface area contributed by atoms with E-state index in [-0.39, 0.29) is 30.6 Å². The number of nitrogens with two attached hydrogens (primary N) is 1. The lowest BCUT2D eigenvalue weighted by Crippen LogP contribution is -2.59. The van der Waals surface area contributed by atoms with Crippen LogP contribution in [0.4, 0.5) is 3.89 Å². The maximum absolute atomic E-state index is 13.7. The first-order valence-corrected chi connectivity index (χ1v) is 15.6. The van der Waals surface area contributed by atoms with Gasteiger partial charge in [-0.15, -0.1) is 3.89 Å². The lowest BCUT2D eigenvalue weighted by Gasteiger charge is -2.30. The summed E-state index contributed by atoms with van der Waals surface area (Å²) >= 11 is 0. The van der Waals surface area contributed by atoms with Crippen LogP contribution in [0.3, 0.4) is 0 Å². The fourth-order valence-electron chi connectivity index (χ4n) is 4.72. The molecule has 0 unspecified atom stereocenters. The highest BCUT2D eigenvalue weighted by Crippen LogP contribution is 2.19. The van der Waals surface area contributed by atoms with E-state index in [1.165, 1.54) is 29.2 Å². The molecule has 0 saturated carbocycles. The Morgan fingerprint density at radius 1 is 0.977 bits per heavy atom. The zero-order valence-corrected chi connectivity index (χ0v) is 25.2. The standard InChI is InChI=1S/C29H37FN6O7S/c1-18(32-2)26(38)35-23(16-33-27(39)21-12-10-20(11-13-21)17-44(30,42)43)29(41)36-14-6-9-24(36)28(40)34-22(25(31)37)15-19-7-4-3-5-8-19/h3-5,7-8,10-13,18,22-24,32H,6,9,14-17H2,1-2H3,(H2,31,37)(H,33,39)(H,34,40)(H,35,38)/t18-,22-,23-,24-/m0/s1. The van der Waals surface area contributed by atoms with E-state index in [2.05, 4.69) is 21.3 Å². The minimum absolute atomic E-state index is 0.112. The van der Waals surface area contributed by atoms with Gasteiger partial charge in [0, 0.05) is 25.1 Å². The lowest BCUT2D eigenvalue weighted by atomic mass is 10.0. The van der Waals surface area contributed by atoms with Crippen LogP contribution in [0.1, 0.15) is 41.3 Å². The molecule has 2 aromatic carbocycles. The first-order chi connectivity index (χ1) is 20.8. The summed E-state index contributed by atoms with van der Waals surface area (Å²) in [7, 11) is -3.18. The van der Waals surface area contributed by atoms with Crippen LogP contribution < -0.4 is 27.0 Å². The molecule has 2 aromatic rings. The van der Waals surface area contributed by atoms with Crippen LogP contribution in [0.2, 0.25) is 0 Å². The van der Waals surface area contributed by atoms with Gasteiger partial charge >= 0.3 is 10.2 Å². The highest BCUT2D eigenvalue weighted by molar-refractivity contribution is 7.85. The Kier molecular flexibility index (Phi) is 11.9. The molecule has 0 radical (unpaired) electrons. The maximum atomic E-state index is 13.7. The molecule has 6 N–H and O–H groups in total. The number of rotatable bonds is 14. The molecule has 44 heavy (non-hydrogen) atoms. The Bertz CT molecular complexity index is 1460. The Balaban J connectivity index is 1.73. The number of likely N-dealkylation sites (N-methyl/N-ethyl adjacent to an activating group) is 1. The summed E-state index contributed by atoms with van der Waals surface area (Å²) in [5, 5.41) is 10.6. The number of benzene rings is 2. The second-order valence-electron chi connectivity index (χ2n) is 10.5. The van der Waals surface area contributed by atoms with Crippen molar-refractivity contribution >= 4 is 39.8 Å². The van der Waals surface area contributed by atoms with E-state index in [4.69, 9.17) is 5.73 Å². The van der Waals surface area contributed by atoms with E-state index in [1.807, 2.05) is 6.07 Å². The van der Waals surface area contributed by atoms with Gasteiger partial charge in [0.1, 0.15) is 23.9 Å². The molecule has 0 bridgehead atoms. The van der Waals surface area contributed by atoms with Crippen LogP contribution in [-0.2, 0) is 41.6 Å². The number of primary amides is 1. The smallest absolute Gasteiger partial charge is 0.306 e. The van der Waals surface area contributed by atoms with Crippen molar-refractivity contribution in [2.75, 3.05) is 20.1 Å². The molecule has 0 aliphatic carbocycles. The van der Waals surface area contributed by atoms with Crippen LogP contribution in [0, 0.1) is 0 Å². The first-order valence-electron chi connectivity index (χ1n) is 14.0. The van der Waals surface area contributed by atoms with E-state index in [0.717, 1.165) is 5.56 Å². The van der Waals surface area contributed by atoms with Crippen molar-refractivity contribution in [2.45, 2.75) is 56.1 Å². The van der Waals surface area contributed by atoms with Crippen molar-refractivity contribution in [2.24, 2.45) is 5.73 Å². The van der Waals surface area contributed by atoms with Gasteiger partial charge in [0.2, 0.25) is 23.6 Å². The fourth-order valence-corrected chi connectivity index (χ4v) is 5.31. The Labute approximate surface area is 255 Å². The Hall–Kier alpha value is -4.37. The lowest BCUT2D eigenvalue weighted by molar-refractivity contribution is -0.142. The topological polar surface area (TPSA) is 197 Å². The van der Waals surface area contributed by atoms with Crippen molar-refractivity contribution in [1.29, 1.82) is 0 Å². The van der Waals surface area contributed by atoms with Gasteiger partial charge in [0.05, 0.1) is 6.04 Å². The number of amides is 5. The Morgan fingerprint density at radius 2 is 1.64 bits per heavy atom. The third-order valence-electron chi connectivity index (χ3n) is 7.24. The summed E-state index contributed by atoms with van der Waals surface area (Å²) < 4.78 is 34.7. The third-order valence-corrected chi connectivity index (χ3v) is 7.92. The van der Waals surface area contributed by atoms with Gasteiger partial charge in [-0.1, -0.05) is 42.5 Å². The van der Waals surface area contributed by atoms with Crippen molar-refractivity contribution in [3.05, 3.63) is 71.3 Å². The summed E-state index contributed by atoms with van der Waals surface area (Å²) in [4.78, 5) is 66.0. The quantitative estimate of drug-likeness (QED) is 0.172. The number of nitrogens with one attached hydrogen (secondary N) is 4. The molecule has 5 amide bonds. The molecule has 1 saturated heterocycles. The van der Waals surface area contributed by atoms with Gasteiger partial charge in [0.15, 0.2) is 0 Å². The molecular weight excluding hydrogens is 595 g/mol. The number of likely N-dealkylation sites (tertiary alicyclic amines) is 1. The summed E-state index contributed by atoms with van der Waals surface area (Å²) in [5.41, 5.74) is 6.59. The number of halogens is 1. The first kappa shape index (κ1) is 34.1. The summed E-state index contributed by atoms with van der Waals surface area (Å²) in [6, 6.07) is 10.3. The van der Waals surface area contributed by atoms with Crippen molar-refractivity contribution < 1.29 is 36.3 Å². The van der Waals surface area contributed by atoms with Gasteiger partial charge in [-0.25, -0.2) is 0 Å². The van der Waals surface area contributed by atoms with E-state index < -0.39 is 69.7 Å². The van der Waals surface area contributed by atoms with Gasteiger partial charge in [-0.05, 0) is 50.1 Å². The molecule has 1 fully saturated rings. The molecule has 1 aliphatic rings. The average molecular weight is 633 g/mol. The second kappa shape index (κ2) is 15.4. The zero-order chi connectivity index (χ0) is 32.4. The molecular formula is C29H37FN6O7S. The molecule has 4 atom stereocenters. The minimum atomic E-state index is -4.75. The van der Waals surface area contributed by atoms with Crippen molar-refractivity contribution in [1.82, 2.24) is 26.2 Å². The normalized spacial score (nSPS) is 16.8. The summed E-state index contributed by atoms with van der Waals surface area (Å²) in [5.74, 6) is -3.89. The van der Waals surface area contributed by atoms with Gasteiger partial charge in [-0.2, -0.15) is 8.42 Å². The fraction of sp³-hybridized carbons (Fsp3) is 0.414. The van der Waals surface area contributed by atoms with Gasteiger partial charge in [-0.3, -0.25) is 24.0 Å². The van der Waals surface area contributed by atoms with Crippen LogP contribution in [-0.4, -0.2) is 87.2 Å². The summed E-state index contributed by atoms with van der Waals surface area (Å²) in [6.07, 6.45) is 0.972. The maximum Gasteiger partial charge on any atom is 0.306 e. The summed E-state index contributed by atoms with van der Waals surface area (Å²) in [6.45, 7) is 1.46. The third kappa shape index (κ3) is 9.84. The van der Waals surface area contributed by atoms with E-state index >= 15 is 0 Å². The monoisotopic (exact) mass is 632 g/mol. The van der Waals surface area contributed by atoms with Crippen LogP contribution in [0.5, 0.6) is 0 Å². The number of hydrogen-bond acceptors (Lipinski definition) is 8. The van der Waals surface area contributed by atoms with Crippen molar-refractivity contribution in [3.63, 3.8) is 0 Å². The predicted octanol–water partition coefficient (Wildman–Crippen LogP) is -0.488. The van der Waals surface area contributed by atoms with E-state index in [1.54, 1.807) is 38.2 Å². The van der Waals surface area contributed by atoms with Crippen LogP contribution in [0.15, 0.2) is 54.6 Å². The highest BCUT2D eigenvalue weighted by atomic mass is 32.3. The van der Waals surface area contributed by atoms with E-state index in [9.17, 15) is 36.3 Å². The average Bonchev–Trinajstić information content (AvgIpc) is 3.48. The SMILES string of the molecule is CN[C@@H](C)C(=O)N[C@@H](CNC(=O)c1ccc(CS(=O)(=O)F)cc1)C(=O)N1CCC[C@H]1C(=O)N[C@@H](Cc1ccccc1)C(N)=O. The predicted molar refractivity (Wildman–Crippen MR) is 159 cm³/mol. The zero-order valence-electron chi connectivity index (χ0n) is 24.4. The largest absolute Gasteiger partial charge is 0.368 e. The van der Waals surface area contributed by atoms with Crippen molar-refractivity contribution in [3.8, 4) is 0 Å². The number of carbonyl (C=O) groups is 5. The molecule has 3 rings (SSSR count). The number of hydrogen-bond donors (Lipinski definition) is 5. The highest BCUT2D eigenvalue weighted by Gasteiger charge is 2.39.